The van der Waals surface area contributed by atoms with E-state index in [0.717, 1.165) is 54.2 Å². The predicted octanol–water partition coefficient (Wildman–Crippen LogP) is 3.54. The summed E-state index contributed by atoms with van der Waals surface area (Å²) >= 11 is 6.24. The maximum atomic E-state index is 6.24. The fourth-order valence-electron chi connectivity index (χ4n) is 4.84. The second-order valence-corrected chi connectivity index (χ2v) is 7.31. The molecule has 0 saturated heterocycles. The first-order chi connectivity index (χ1) is 9.78. The molecule has 2 bridgehead atoms. The molecule has 3 fully saturated rings. The van der Waals surface area contributed by atoms with Gasteiger partial charge in [-0.1, -0.05) is 24.9 Å². The second-order valence-electron chi connectivity index (χ2n) is 6.95. The molecule has 1 aromatic heterocycles. The first kappa shape index (κ1) is 13.1. The van der Waals surface area contributed by atoms with Crippen molar-refractivity contribution in [3.05, 3.63) is 16.7 Å². The van der Waals surface area contributed by atoms with Gasteiger partial charge < -0.3 is 10.3 Å². The topological polar surface area (TPSA) is 40.7 Å². The van der Waals surface area contributed by atoms with Crippen LogP contribution in [0.1, 0.15) is 50.5 Å². The summed E-state index contributed by atoms with van der Waals surface area (Å²) in [5.74, 6) is 5.06. The van der Waals surface area contributed by atoms with Crippen LogP contribution >= 0.6 is 11.6 Å². The van der Waals surface area contributed by atoms with Crippen molar-refractivity contribution < 1.29 is 0 Å². The highest BCUT2D eigenvalue weighted by Gasteiger charge is 2.64. The fourth-order valence-corrected chi connectivity index (χ4v) is 5.05. The van der Waals surface area contributed by atoms with Crippen LogP contribution in [0.25, 0.3) is 0 Å². The number of rotatable bonds is 6. The van der Waals surface area contributed by atoms with Crippen molar-refractivity contribution >= 4 is 11.6 Å². The van der Waals surface area contributed by atoms with E-state index in [9.17, 15) is 0 Å². The van der Waals surface area contributed by atoms with Gasteiger partial charge in [0.2, 0.25) is 0 Å². The Morgan fingerprint density at radius 2 is 2.05 bits per heavy atom. The number of unbranched alkanes of at least 4 members (excludes halogenated alkanes) is 1. The molecule has 110 valence electrons. The van der Waals surface area contributed by atoms with Crippen LogP contribution in [-0.2, 0) is 13.0 Å². The number of imidazole rings is 1. The SMILES string of the molecule is CCCCc1nc(Cl)c(CNC2C3C4CCC(C4)C23)[nH]1. The number of halogens is 1. The van der Waals surface area contributed by atoms with Gasteiger partial charge in [-0.15, -0.1) is 0 Å². The number of hydrogen-bond acceptors (Lipinski definition) is 2. The molecule has 3 aliphatic rings. The molecule has 1 aromatic rings. The second kappa shape index (κ2) is 5.03. The summed E-state index contributed by atoms with van der Waals surface area (Å²) in [6.07, 6.45) is 7.85. The number of nitrogens with zero attached hydrogens (tertiary/aromatic N) is 1. The molecular weight excluding hydrogens is 270 g/mol. The smallest absolute Gasteiger partial charge is 0.151 e. The average Bonchev–Trinajstić information content (AvgIpc) is 2.80. The van der Waals surface area contributed by atoms with Gasteiger partial charge in [0.25, 0.3) is 0 Å². The van der Waals surface area contributed by atoms with Crippen molar-refractivity contribution in [1.29, 1.82) is 0 Å². The van der Waals surface area contributed by atoms with E-state index in [-0.39, 0.29) is 0 Å². The van der Waals surface area contributed by atoms with E-state index >= 15 is 0 Å². The summed E-state index contributed by atoms with van der Waals surface area (Å²) in [5.41, 5.74) is 1.08. The summed E-state index contributed by atoms with van der Waals surface area (Å²) in [6, 6.07) is 0.764. The molecule has 1 heterocycles. The van der Waals surface area contributed by atoms with Crippen molar-refractivity contribution in [2.24, 2.45) is 23.7 Å². The zero-order chi connectivity index (χ0) is 13.7. The van der Waals surface area contributed by atoms with Gasteiger partial charge >= 0.3 is 0 Å². The molecule has 3 saturated carbocycles. The zero-order valence-corrected chi connectivity index (χ0v) is 12.9. The van der Waals surface area contributed by atoms with Crippen LogP contribution in [0, 0.1) is 23.7 Å². The van der Waals surface area contributed by atoms with Gasteiger partial charge in [0, 0.05) is 19.0 Å². The van der Waals surface area contributed by atoms with E-state index in [2.05, 4.69) is 22.2 Å². The Morgan fingerprint density at radius 3 is 2.75 bits per heavy atom. The van der Waals surface area contributed by atoms with Crippen molar-refractivity contribution in [3.8, 4) is 0 Å². The average molecular weight is 294 g/mol. The Bertz CT molecular complexity index is 482. The normalized spacial score (nSPS) is 37.4. The number of aromatic amines is 1. The van der Waals surface area contributed by atoms with Gasteiger partial charge in [-0.25, -0.2) is 4.98 Å². The van der Waals surface area contributed by atoms with Crippen LogP contribution in [0.5, 0.6) is 0 Å². The Kier molecular flexibility index (Phi) is 3.30. The first-order valence-corrected chi connectivity index (χ1v) is 8.62. The molecule has 0 spiro atoms. The monoisotopic (exact) mass is 293 g/mol. The summed E-state index contributed by atoms with van der Waals surface area (Å²) < 4.78 is 0. The molecule has 3 nitrogen and oxygen atoms in total. The van der Waals surface area contributed by atoms with Gasteiger partial charge in [0.15, 0.2) is 5.15 Å². The molecule has 20 heavy (non-hydrogen) atoms. The lowest BCUT2D eigenvalue weighted by Crippen LogP contribution is -2.22. The third-order valence-corrected chi connectivity index (χ3v) is 6.11. The predicted molar refractivity (Wildman–Crippen MR) is 80.6 cm³/mol. The Hall–Kier alpha value is -0.540. The van der Waals surface area contributed by atoms with E-state index in [4.69, 9.17) is 11.6 Å². The summed E-state index contributed by atoms with van der Waals surface area (Å²) in [4.78, 5) is 7.83. The molecule has 3 aliphatic carbocycles. The molecule has 0 aromatic carbocycles. The van der Waals surface area contributed by atoms with Crippen molar-refractivity contribution in [3.63, 3.8) is 0 Å². The molecule has 4 atom stereocenters. The maximum absolute atomic E-state index is 6.24. The van der Waals surface area contributed by atoms with Crippen molar-refractivity contribution in [2.75, 3.05) is 0 Å². The lowest BCUT2D eigenvalue weighted by Gasteiger charge is -2.09. The summed E-state index contributed by atoms with van der Waals surface area (Å²) in [6.45, 7) is 3.06. The van der Waals surface area contributed by atoms with Crippen LogP contribution in [0.2, 0.25) is 5.15 Å². The zero-order valence-electron chi connectivity index (χ0n) is 12.2. The third-order valence-electron chi connectivity index (χ3n) is 5.79. The minimum atomic E-state index is 0.664. The van der Waals surface area contributed by atoms with E-state index in [1.165, 1.54) is 32.1 Å². The van der Waals surface area contributed by atoms with Crippen LogP contribution < -0.4 is 5.32 Å². The molecule has 4 heteroatoms. The van der Waals surface area contributed by atoms with Gasteiger partial charge in [-0.05, 0) is 49.4 Å². The molecule has 2 N–H and O–H groups in total. The Morgan fingerprint density at radius 1 is 1.30 bits per heavy atom. The minimum Gasteiger partial charge on any atom is -0.344 e. The van der Waals surface area contributed by atoms with E-state index in [1.807, 2.05) is 0 Å². The number of aryl methyl sites for hydroxylation is 1. The summed E-state index contributed by atoms with van der Waals surface area (Å²) in [5, 5.41) is 4.39. The van der Waals surface area contributed by atoms with Gasteiger partial charge in [0.1, 0.15) is 5.82 Å². The lowest BCUT2D eigenvalue weighted by molar-refractivity contribution is 0.456. The Balaban J connectivity index is 1.33. The number of nitrogens with one attached hydrogen (secondary N) is 2. The van der Waals surface area contributed by atoms with E-state index in [1.54, 1.807) is 0 Å². The minimum absolute atomic E-state index is 0.664. The highest BCUT2D eigenvalue weighted by atomic mass is 35.5. The molecule has 4 rings (SSSR count). The van der Waals surface area contributed by atoms with Gasteiger partial charge in [-0.2, -0.15) is 0 Å². The van der Waals surface area contributed by atoms with Gasteiger partial charge in [0.05, 0.1) is 5.69 Å². The quantitative estimate of drug-likeness (QED) is 0.842. The number of hydrogen-bond donors (Lipinski definition) is 2. The largest absolute Gasteiger partial charge is 0.344 e. The van der Waals surface area contributed by atoms with E-state index in [0.29, 0.717) is 5.15 Å². The maximum Gasteiger partial charge on any atom is 0.151 e. The van der Waals surface area contributed by atoms with Crippen molar-refractivity contribution in [1.82, 2.24) is 15.3 Å². The van der Waals surface area contributed by atoms with Crippen LogP contribution in [0.15, 0.2) is 0 Å². The van der Waals surface area contributed by atoms with Crippen LogP contribution in [0.3, 0.4) is 0 Å². The molecule has 0 aliphatic heterocycles. The highest BCUT2D eigenvalue weighted by Crippen LogP contribution is 2.65. The highest BCUT2D eigenvalue weighted by molar-refractivity contribution is 6.30. The van der Waals surface area contributed by atoms with Crippen LogP contribution in [-0.4, -0.2) is 16.0 Å². The fraction of sp³-hybridized carbons (Fsp3) is 0.812. The molecule has 0 amide bonds. The van der Waals surface area contributed by atoms with Gasteiger partial charge in [-0.3, -0.25) is 0 Å². The lowest BCUT2D eigenvalue weighted by atomic mass is 10.0. The van der Waals surface area contributed by atoms with Crippen LogP contribution in [0.4, 0.5) is 0 Å². The molecular formula is C16H24ClN3. The Labute approximate surface area is 125 Å². The molecule has 4 unspecified atom stereocenters. The first-order valence-electron chi connectivity index (χ1n) is 8.24. The number of H-pyrrole nitrogens is 1. The summed E-state index contributed by atoms with van der Waals surface area (Å²) in [7, 11) is 0. The van der Waals surface area contributed by atoms with Crippen molar-refractivity contribution in [2.45, 2.75) is 58.0 Å². The third kappa shape index (κ3) is 2.10. The number of aromatic nitrogens is 2. The number of fused-ring (bicyclic) bond motifs is 5. The standard InChI is InChI=1S/C16H24ClN3/c1-2-3-4-12-19-11(16(17)20-12)8-18-15-13-9-5-6-10(7-9)14(13)15/h9-10,13-15,18H,2-8H2,1H3,(H,19,20). The van der Waals surface area contributed by atoms with E-state index < -0.39 is 0 Å². The molecule has 0 radical (unpaired) electrons.